The van der Waals surface area contributed by atoms with Gasteiger partial charge in [-0.25, -0.2) is 4.98 Å². The van der Waals surface area contributed by atoms with Gasteiger partial charge in [-0.15, -0.1) is 0 Å². The molecular formula is C13H21N3O. The number of nitrogens with zero attached hydrogens (tertiary/aromatic N) is 2. The summed E-state index contributed by atoms with van der Waals surface area (Å²) in [4.78, 5) is 4.30. The lowest BCUT2D eigenvalue weighted by Gasteiger charge is -2.15. The fraction of sp³-hybridized carbons (Fsp3) is 0.769. The van der Waals surface area contributed by atoms with Crippen molar-refractivity contribution >= 4 is 0 Å². The SMILES string of the molecule is c1ncn(CCC2CCOC2)c1[C@@H]1CCCN1. The maximum Gasteiger partial charge on any atom is 0.0948 e. The van der Waals surface area contributed by atoms with Crippen LogP contribution in [0.15, 0.2) is 12.5 Å². The van der Waals surface area contributed by atoms with E-state index in [1.807, 2.05) is 12.5 Å². The van der Waals surface area contributed by atoms with Gasteiger partial charge in [-0.2, -0.15) is 0 Å². The average molecular weight is 235 g/mol. The van der Waals surface area contributed by atoms with E-state index in [9.17, 15) is 0 Å². The van der Waals surface area contributed by atoms with Crippen molar-refractivity contribution < 1.29 is 4.74 Å². The minimum absolute atomic E-state index is 0.525. The molecule has 2 aliphatic heterocycles. The molecule has 17 heavy (non-hydrogen) atoms. The van der Waals surface area contributed by atoms with Crippen molar-refractivity contribution in [1.29, 1.82) is 0 Å². The van der Waals surface area contributed by atoms with E-state index < -0.39 is 0 Å². The van der Waals surface area contributed by atoms with E-state index >= 15 is 0 Å². The van der Waals surface area contributed by atoms with Gasteiger partial charge in [0.1, 0.15) is 0 Å². The van der Waals surface area contributed by atoms with E-state index in [2.05, 4.69) is 14.9 Å². The van der Waals surface area contributed by atoms with E-state index in [1.165, 1.54) is 31.4 Å². The van der Waals surface area contributed by atoms with Crippen LogP contribution in [0.2, 0.25) is 0 Å². The molecule has 1 aromatic heterocycles. The van der Waals surface area contributed by atoms with Crippen LogP contribution in [-0.2, 0) is 11.3 Å². The Morgan fingerprint density at radius 2 is 2.47 bits per heavy atom. The van der Waals surface area contributed by atoms with Crippen LogP contribution in [0.25, 0.3) is 0 Å². The van der Waals surface area contributed by atoms with Gasteiger partial charge >= 0.3 is 0 Å². The fourth-order valence-electron chi connectivity index (χ4n) is 2.88. The number of rotatable bonds is 4. The molecule has 2 saturated heterocycles. The van der Waals surface area contributed by atoms with Gasteiger partial charge in [-0.3, -0.25) is 0 Å². The second kappa shape index (κ2) is 5.19. The largest absolute Gasteiger partial charge is 0.381 e. The van der Waals surface area contributed by atoms with Crippen molar-refractivity contribution in [2.45, 2.75) is 38.3 Å². The third-order valence-electron chi connectivity index (χ3n) is 3.96. The van der Waals surface area contributed by atoms with Gasteiger partial charge in [0.15, 0.2) is 0 Å². The summed E-state index contributed by atoms with van der Waals surface area (Å²) >= 11 is 0. The van der Waals surface area contributed by atoms with Crippen LogP contribution in [0.3, 0.4) is 0 Å². The molecule has 1 aromatic rings. The Balaban J connectivity index is 1.60. The molecule has 0 radical (unpaired) electrons. The quantitative estimate of drug-likeness (QED) is 0.864. The summed E-state index contributed by atoms with van der Waals surface area (Å²) in [7, 11) is 0. The second-order valence-corrected chi connectivity index (χ2v) is 5.18. The third-order valence-corrected chi connectivity index (χ3v) is 3.96. The van der Waals surface area contributed by atoms with Crippen LogP contribution in [0.4, 0.5) is 0 Å². The fourth-order valence-corrected chi connectivity index (χ4v) is 2.88. The first-order chi connectivity index (χ1) is 8.43. The Kier molecular flexibility index (Phi) is 3.43. The molecule has 4 heteroatoms. The molecule has 0 aromatic carbocycles. The van der Waals surface area contributed by atoms with Crippen molar-refractivity contribution in [2.24, 2.45) is 5.92 Å². The molecule has 2 atom stereocenters. The van der Waals surface area contributed by atoms with Crippen LogP contribution in [-0.4, -0.2) is 29.3 Å². The molecule has 0 aliphatic carbocycles. The van der Waals surface area contributed by atoms with Gasteiger partial charge in [-0.05, 0) is 38.1 Å². The molecule has 0 amide bonds. The molecular weight excluding hydrogens is 214 g/mol. The van der Waals surface area contributed by atoms with E-state index in [-0.39, 0.29) is 0 Å². The van der Waals surface area contributed by atoms with Gasteiger partial charge in [0.25, 0.3) is 0 Å². The molecule has 1 N–H and O–H groups in total. The van der Waals surface area contributed by atoms with Crippen LogP contribution >= 0.6 is 0 Å². The van der Waals surface area contributed by atoms with E-state index in [0.717, 1.165) is 32.2 Å². The first-order valence-corrected chi connectivity index (χ1v) is 6.74. The number of imidazole rings is 1. The lowest BCUT2D eigenvalue weighted by molar-refractivity contribution is 0.183. The molecule has 2 aliphatic rings. The number of aromatic nitrogens is 2. The zero-order valence-electron chi connectivity index (χ0n) is 10.3. The highest BCUT2D eigenvalue weighted by Gasteiger charge is 2.21. The highest BCUT2D eigenvalue weighted by Crippen LogP contribution is 2.24. The van der Waals surface area contributed by atoms with Gasteiger partial charge in [0, 0.05) is 32.0 Å². The molecule has 94 valence electrons. The van der Waals surface area contributed by atoms with Crippen molar-refractivity contribution in [2.75, 3.05) is 19.8 Å². The minimum atomic E-state index is 0.525. The summed E-state index contributed by atoms with van der Waals surface area (Å²) in [6, 6.07) is 0.525. The molecule has 1 unspecified atom stereocenters. The van der Waals surface area contributed by atoms with Crippen LogP contribution in [0.1, 0.15) is 37.4 Å². The van der Waals surface area contributed by atoms with Gasteiger partial charge in [0.05, 0.1) is 12.0 Å². The zero-order chi connectivity index (χ0) is 11.5. The standard InChI is InChI=1S/C13H21N3O/c1-2-12(15-5-1)13-8-14-10-16(13)6-3-11-4-7-17-9-11/h8,10-12,15H,1-7,9H2/t11?,12-/m0/s1. The first kappa shape index (κ1) is 11.2. The van der Waals surface area contributed by atoms with Crippen molar-refractivity contribution in [3.63, 3.8) is 0 Å². The summed E-state index contributed by atoms with van der Waals surface area (Å²) in [5.41, 5.74) is 1.36. The van der Waals surface area contributed by atoms with Gasteiger partial charge < -0.3 is 14.6 Å². The summed E-state index contributed by atoms with van der Waals surface area (Å²) in [5, 5.41) is 3.54. The number of hydrogen-bond donors (Lipinski definition) is 1. The van der Waals surface area contributed by atoms with Crippen molar-refractivity contribution in [1.82, 2.24) is 14.9 Å². The Morgan fingerprint density at radius 1 is 1.47 bits per heavy atom. The summed E-state index contributed by atoms with van der Waals surface area (Å²) < 4.78 is 7.74. The maximum absolute atomic E-state index is 5.42. The van der Waals surface area contributed by atoms with E-state index in [0.29, 0.717) is 6.04 Å². The number of ether oxygens (including phenoxy) is 1. The smallest absolute Gasteiger partial charge is 0.0948 e. The molecule has 3 heterocycles. The van der Waals surface area contributed by atoms with Crippen LogP contribution in [0, 0.1) is 5.92 Å². The highest BCUT2D eigenvalue weighted by molar-refractivity contribution is 5.07. The Bertz CT molecular complexity index is 351. The zero-order valence-corrected chi connectivity index (χ0v) is 10.3. The van der Waals surface area contributed by atoms with Crippen LogP contribution < -0.4 is 5.32 Å². The monoisotopic (exact) mass is 235 g/mol. The predicted molar refractivity (Wildman–Crippen MR) is 65.7 cm³/mol. The third kappa shape index (κ3) is 2.53. The molecule has 3 rings (SSSR count). The maximum atomic E-state index is 5.42. The number of hydrogen-bond acceptors (Lipinski definition) is 3. The van der Waals surface area contributed by atoms with E-state index in [1.54, 1.807) is 0 Å². The highest BCUT2D eigenvalue weighted by atomic mass is 16.5. The van der Waals surface area contributed by atoms with Crippen molar-refractivity contribution in [3.8, 4) is 0 Å². The molecule has 0 spiro atoms. The minimum Gasteiger partial charge on any atom is -0.381 e. The lowest BCUT2D eigenvalue weighted by atomic mass is 10.1. The number of aryl methyl sites for hydroxylation is 1. The Labute approximate surface area is 102 Å². The number of nitrogens with one attached hydrogen (secondary N) is 1. The molecule has 0 saturated carbocycles. The Hall–Kier alpha value is -0.870. The first-order valence-electron chi connectivity index (χ1n) is 6.74. The Morgan fingerprint density at radius 3 is 3.24 bits per heavy atom. The van der Waals surface area contributed by atoms with Crippen LogP contribution in [0.5, 0.6) is 0 Å². The summed E-state index contributed by atoms with van der Waals surface area (Å²) in [6.45, 7) is 4.13. The van der Waals surface area contributed by atoms with Gasteiger partial charge in [0.2, 0.25) is 0 Å². The average Bonchev–Trinajstić information content (AvgIpc) is 3.09. The molecule has 4 nitrogen and oxygen atoms in total. The molecule has 2 fully saturated rings. The lowest BCUT2D eigenvalue weighted by Crippen LogP contribution is -2.17. The summed E-state index contributed by atoms with van der Waals surface area (Å²) in [6.07, 6.45) is 8.98. The van der Waals surface area contributed by atoms with Crippen molar-refractivity contribution in [3.05, 3.63) is 18.2 Å². The normalized spacial score (nSPS) is 28.9. The topological polar surface area (TPSA) is 39.1 Å². The second-order valence-electron chi connectivity index (χ2n) is 5.18. The van der Waals surface area contributed by atoms with Gasteiger partial charge in [-0.1, -0.05) is 0 Å². The predicted octanol–water partition coefficient (Wildman–Crippen LogP) is 1.73. The summed E-state index contributed by atoms with van der Waals surface area (Å²) in [5.74, 6) is 0.752. The van der Waals surface area contributed by atoms with E-state index in [4.69, 9.17) is 4.74 Å². The molecule has 0 bridgehead atoms.